The minimum atomic E-state index is 0.169. The van der Waals surface area contributed by atoms with Gasteiger partial charge in [-0.05, 0) is 12.1 Å². The van der Waals surface area contributed by atoms with Gasteiger partial charge >= 0.3 is 0 Å². The van der Waals surface area contributed by atoms with Crippen LogP contribution in [-0.2, 0) is 4.74 Å². The maximum Gasteiger partial charge on any atom is 0.224 e. The van der Waals surface area contributed by atoms with Crippen LogP contribution in [0, 0.1) is 11.3 Å². The average molecular weight is 333 g/mol. The Hall–Kier alpha value is -3.31. The van der Waals surface area contributed by atoms with Gasteiger partial charge in [0.05, 0.1) is 36.7 Å². The van der Waals surface area contributed by atoms with Crippen LogP contribution >= 0.6 is 0 Å². The third-order valence-electron chi connectivity index (χ3n) is 4.00. The van der Waals surface area contributed by atoms with E-state index in [9.17, 15) is 0 Å². The first kappa shape index (κ1) is 15.2. The van der Waals surface area contributed by atoms with Gasteiger partial charge in [0.25, 0.3) is 0 Å². The molecule has 8 nitrogen and oxygen atoms in total. The molecule has 3 heterocycles. The zero-order chi connectivity index (χ0) is 17.2. The van der Waals surface area contributed by atoms with Crippen LogP contribution in [0.1, 0.15) is 5.56 Å². The quantitative estimate of drug-likeness (QED) is 0.748. The number of aromatic nitrogens is 4. The Morgan fingerprint density at radius 3 is 2.80 bits per heavy atom. The molecule has 0 atom stereocenters. The van der Waals surface area contributed by atoms with Crippen LogP contribution in [0.2, 0.25) is 0 Å². The van der Waals surface area contributed by atoms with Crippen molar-refractivity contribution in [1.29, 1.82) is 5.26 Å². The fraction of sp³-hybridized carbons (Fsp3) is 0.235. The van der Waals surface area contributed by atoms with Crippen molar-refractivity contribution in [2.75, 3.05) is 36.9 Å². The highest BCUT2D eigenvalue weighted by molar-refractivity contribution is 5.85. The van der Waals surface area contributed by atoms with Crippen LogP contribution in [0.4, 0.5) is 11.8 Å². The Kier molecular flexibility index (Phi) is 3.84. The zero-order valence-electron chi connectivity index (χ0n) is 13.4. The molecule has 0 spiro atoms. The number of nitrogens with zero attached hydrogens (tertiary/aromatic N) is 6. The molecule has 1 aromatic carbocycles. The maximum absolute atomic E-state index is 9.09. The molecule has 1 saturated heterocycles. The van der Waals surface area contributed by atoms with Crippen molar-refractivity contribution >= 4 is 22.9 Å². The molecule has 1 aliphatic rings. The summed E-state index contributed by atoms with van der Waals surface area (Å²) in [6.45, 7) is 2.67. The van der Waals surface area contributed by atoms with Crippen LogP contribution in [0.3, 0.4) is 0 Å². The molecule has 0 aliphatic carbocycles. The van der Waals surface area contributed by atoms with Gasteiger partial charge < -0.3 is 15.4 Å². The molecule has 2 aromatic heterocycles. The monoisotopic (exact) mass is 333 g/mol. The lowest BCUT2D eigenvalue weighted by Crippen LogP contribution is -2.37. The van der Waals surface area contributed by atoms with Crippen molar-refractivity contribution < 1.29 is 4.74 Å². The van der Waals surface area contributed by atoms with Gasteiger partial charge in [-0.25, -0.2) is 9.97 Å². The number of benzene rings is 1. The molecular weight excluding hydrogens is 318 g/mol. The molecule has 0 radical (unpaired) electrons. The molecule has 4 rings (SSSR count). The zero-order valence-corrected chi connectivity index (χ0v) is 13.4. The van der Waals surface area contributed by atoms with E-state index in [1.807, 2.05) is 12.1 Å². The normalized spacial score (nSPS) is 14.4. The van der Waals surface area contributed by atoms with E-state index in [0.717, 1.165) is 5.56 Å². The van der Waals surface area contributed by atoms with Gasteiger partial charge in [0.2, 0.25) is 5.95 Å². The number of hydrogen-bond acceptors (Lipinski definition) is 8. The number of anilines is 2. The van der Waals surface area contributed by atoms with Gasteiger partial charge in [0, 0.05) is 18.7 Å². The largest absolute Gasteiger partial charge is 0.378 e. The van der Waals surface area contributed by atoms with Crippen molar-refractivity contribution in [2.45, 2.75) is 0 Å². The summed E-state index contributed by atoms with van der Waals surface area (Å²) in [5, 5.41) is 9.09. The summed E-state index contributed by atoms with van der Waals surface area (Å²) in [4.78, 5) is 19.7. The molecule has 0 unspecified atom stereocenters. The molecule has 1 fully saturated rings. The van der Waals surface area contributed by atoms with Crippen molar-refractivity contribution in [3.63, 3.8) is 0 Å². The van der Waals surface area contributed by atoms with E-state index in [0.29, 0.717) is 54.5 Å². The number of rotatable bonds is 2. The number of nitriles is 1. The Labute approximate surface area is 143 Å². The van der Waals surface area contributed by atoms with Gasteiger partial charge in [-0.15, -0.1) is 0 Å². The van der Waals surface area contributed by atoms with Crippen LogP contribution in [0.25, 0.3) is 22.4 Å². The number of nitrogen functional groups attached to an aromatic ring is 1. The Morgan fingerprint density at radius 1 is 1.16 bits per heavy atom. The van der Waals surface area contributed by atoms with E-state index >= 15 is 0 Å². The van der Waals surface area contributed by atoms with Gasteiger partial charge in [-0.3, -0.25) is 0 Å². The fourth-order valence-corrected chi connectivity index (χ4v) is 2.79. The lowest BCUT2D eigenvalue weighted by molar-refractivity contribution is 0.122. The molecule has 3 aromatic rings. The lowest BCUT2D eigenvalue weighted by Gasteiger charge is -2.28. The van der Waals surface area contributed by atoms with Crippen molar-refractivity contribution in [3.8, 4) is 17.3 Å². The third-order valence-corrected chi connectivity index (χ3v) is 4.00. The highest BCUT2D eigenvalue weighted by Gasteiger charge is 2.19. The molecule has 25 heavy (non-hydrogen) atoms. The first-order valence-corrected chi connectivity index (χ1v) is 7.88. The van der Waals surface area contributed by atoms with Gasteiger partial charge in [0.15, 0.2) is 17.0 Å². The van der Waals surface area contributed by atoms with E-state index in [-0.39, 0.29) is 5.95 Å². The standard InChI is InChI=1S/C17H15N7O/c18-9-11-2-1-3-12(8-11)13-10-20-15-14(21-13)16(23-17(19)22-15)24-4-6-25-7-5-24/h1-3,8,10H,4-7H2,(H2,19,20,22,23). The predicted molar refractivity (Wildman–Crippen MR) is 92.7 cm³/mol. The summed E-state index contributed by atoms with van der Waals surface area (Å²) in [5.74, 6) is 0.833. The maximum atomic E-state index is 9.09. The van der Waals surface area contributed by atoms with E-state index in [1.54, 1.807) is 18.3 Å². The highest BCUT2D eigenvalue weighted by atomic mass is 16.5. The van der Waals surface area contributed by atoms with Crippen LogP contribution < -0.4 is 10.6 Å². The topological polar surface area (TPSA) is 114 Å². The summed E-state index contributed by atoms with van der Waals surface area (Å²) in [6, 6.07) is 9.38. The van der Waals surface area contributed by atoms with E-state index in [4.69, 9.17) is 20.7 Å². The second-order valence-electron chi connectivity index (χ2n) is 5.62. The summed E-state index contributed by atoms with van der Waals surface area (Å²) in [5.41, 5.74) is 8.93. The van der Waals surface area contributed by atoms with Crippen molar-refractivity contribution in [1.82, 2.24) is 19.9 Å². The molecule has 0 amide bonds. The Balaban J connectivity index is 1.86. The predicted octanol–water partition coefficient (Wildman–Crippen LogP) is 1.38. The van der Waals surface area contributed by atoms with Gasteiger partial charge in [-0.1, -0.05) is 12.1 Å². The third kappa shape index (κ3) is 2.93. The highest BCUT2D eigenvalue weighted by Crippen LogP contribution is 2.26. The number of hydrogen-bond donors (Lipinski definition) is 1. The van der Waals surface area contributed by atoms with Crippen LogP contribution in [0.5, 0.6) is 0 Å². The number of fused-ring (bicyclic) bond motifs is 1. The van der Waals surface area contributed by atoms with Crippen molar-refractivity contribution in [3.05, 3.63) is 36.0 Å². The minimum absolute atomic E-state index is 0.169. The Bertz CT molecular complexity index is 976. The number of nitrogens with two attached hydrogens (primary N) is 1. The Morgan fingerprint density at radius 2 is 2.00 bits per heavy atom. The second kappa shape index (κ2) is 6.30. The summed E-state index contributed by atoms with van der Waals surface area (Å²) >= 11 is 0. The van der Waals surface area contributed by atoms with E-state index in [1.165, 1.54) is 0 Å². The summed E-state index contributed by atoms with van der Waals surface area (Å²) in [7, 11) is 0. The van der Waals surface area contributed by atoms with Crippen LogP contribution in [0.15, 0.2) is 30.5 Å². The van der Waals surface area contributed by atoms with E-state index < -0.39 is 0 Å². The lowest BCUT2D eigenvalue weighted by atomic mass is 10.1. The number of morpholine rings is 1. The summed E-state index contributed by atoms with van der Waals surface area (Å²) < 4.78 is 5.40. The molecule has 0 bridgehead atoms. The number of ether oxygens (including phenoxy) is 1. The minimum Gasteiger partial charge on any atom is -0.378 e. The molecule has 8 heteroatoms. The molecule has 2 N–H and O–H groups in total. The molecule has 0 saturated carbocycles. The first-order chi connectivity index (χ1) is 12.2. The molecule has 124 valence electrons. The summed E-state index contributed by atoms with van der Waals surface area (Å²) in [6.07, 6.45) is 1.63. The van der Waals surface area contributed by atoms with Gasteiger partial charge in [-0.2, -0.15) is 15.2 Å². The SMILES string of the molecule is N#Cc1cccc(-c2cnc3nc(N)nc(N4CCOCC4)c3n2)c1. The first-order valence-electron chi connectivity index (χ1n) is 7.88. The van der Waals surface area contributed by atoms with Gasteiger partial charge in [0.1, 0.15) is 0 Å². The smallest absolute Gasteiger partial charge is 0.224 e. The average Bonchev–Trinajstić information content (AvgIpc) is 2.67. The fourth-order valence-electron chi connectivity index (χ4n) is 2.79. The molecule has 1 aliphatic heterocycles. The second-order valence-corrected chi connectivity index (χ2v) is 5.62. The van der Waals surface area contributed by atoms with Crippen molar-refractivity contribution in [2.24, 2.45) is 0 Å². The van der Waals surface area contributed by atoms with E-state index in [2.05, 4.69) is 25.9 Å². The van der Waals surface area contributed by atoms with Crippen LogP contribution in [-0.4, -0.2) is 46.2 Å². The molecular formula is C17H15N7O.